The molecule has 0 saturated heterocycles. The molecule has 0 bridgehead atoms. The largest absolute Gasteiger partial charge is 0.347 e. The number of hydrogen-bond donors (Lipinski definition) is 1. The molecule has 1 amide bonds. The second-order valence-corrected chi connectivity index (χ2v) is 6.67. The van der Waals surface area contributed by atoms with Crippen molar-refractivity contribution >= 4 is 17.2 Å². The summed E-state index contributed by atoms with van der Waals surface area (Å²) in [5.74, 6) is -0.359. The minimum absolute atomic E-state index is 0.0375. The first-order valence-electron chi connectivity index (χ1n) is 8.15. The van der Waals surface area contributed by atoms with Gasteiger partial charge >= 0.3 is 0 Å². The van der Waals surface area contributed by atoms with E-state index in [-0.39, 0.29) is 17.9 Å². The van der Waals surface area contributed by atoms with Crippen molar-refractivity contribution in [2.45, 2.75) is 32.7 Å². The first-order chi connectivity index (χ1) is 11.5. The van der Waals surface area contributed by atoms with Gasteiger partial charge in [0.05, 0.1) is 17.7 Å². The van der Waals surface area contributed by atoms with Crippen LogP contribution in [0.3, 0.4) is 0 Å². The number of rotatable bonds is 8. The van der Waals surface area contributed by atoms with Crippen LogP contribution >= 0.6 is 11.3 Å². The van der Waals surface area contributed by atoms with Crippen molar-refractivity contribution in [3.8, 4) is 0 Å². The van der Waals surface area contributed by atoms with Gasteiger partial charge in [-0.05, 0) is 30.9 Å². The predicted octanol–water partition coefficient (Wildman–Crippen LogP) is 4.48. The van der Waals surface area contributed by atoms with Gasteiger partial charge in [-0.1, -0.05) is 56.5 Å². The Morgan fingerprint density at radius 1 is 1.38 bits per heavy atom. The smallest absolute Gasteiger partial charge is 0.228 e. The zero-order valence-corrected chi connectivity index (χ0v) is 15.1. The lowest BCUT2D eigenvalue weighted by Gasteiger charge is -2.20. The minimum atomic E-state index is -0.321. The molecule has 2 unspecified atom stereocenters. The number of thiazole rings is 1. The van der Waals surface area contributed by atoms with Crippen LogP contribution in [0.5, 0.6) is 0 Å². The fourth-order valence-electron chi connectivity index (χ4n) is 2.44. The van der Waals surface area contributed by atoms with E-state index >= 15 is 0 Å². The van der Waals surface area contributed by atoms with Gasteiger partial charge in [-0.3, -0.25) is 4.79 Å². The molecular formula is C20H24N2OS. The van der Waals surface area contributed by atoms with Gasteiger partial charge in [0.25, 0.3) is 0 Å². The molecule has 3 nitrogen and oxygen atoms in total. The monoisotopic (exact) mass is 340 g/mol. The highest BCUT2D eigenvalue weighted by atomic mass is 32.1. The van der Waals surface area contributed by atoms with E-state index in [9.17, 15) is 4.79 Å². The van der Waals surface area contributed by atoms with Crippen LogP contribution in [-0.2, 0) is 17.6 Å². The van der Waals surface area contributed by atoms with E-state index in [1.807, 2.05) is 42.6 Å². The van der Waals surface area contributed by atoms with Crippen molar-refractivity contribution in [3.05, 3.63) is 76.8 Å². The Balaban J connectivity index is 2.09. The number of benzene rings is 1. The maximum atomic E-state index is 12.8. The number of amides is 1. The molecule has 4 heteroatoms. The Kier molecular flexibility index (Phi) is 6.50. The second-order valence-electron chi connectivity index (χ2n) is 5.78. The van der Waals surface area contributed by atoms with Crippen LogP contribution in [0, 0.1) is 5.92 Å². The van der Waals surface area contributed by atoms with Crippen molar-refractivity contribution in [2.75, 3.05) is 0 Å². The second kappa shape index (κ2) is 8.60. The normalized spacial score (nSPS) is 13.1. The van der Waals surface area contributed by atoms with E-state index in [2.05, 4.69) is 30.4 Å². The van der Waals surface area contributed by atoms with Crippen molar-refractivity contribution in [2.24, 2.45) is 5.92 Å². The van der Waals surface area contributed by atoms with Crippen LogP contribution in [0.4, 0.5) is 0 Å². The molecule has 2 rings (SSSR count). The SMILES string of the molecule is C=CC(=C)C(Cc1ccccc1)C(=O)NC(C)c1nc(CC)cs1. The molecule has 0 aliphatic heterocycles. The van der Waals surface area contributed by atoms with Crippen molar-refractivity contribution in [1.29, 1.82) is 0 Å². The summed E-state index contributed by atoms with van der Waals surface area (Å²) in [6, 6.07) is 9.86. The van der Waals surface area contributed by atoms with E-state index in [0.29, 0.717) is 6.42 Å². The molecule has 0 fully saturated rings. The van der Waals surface area contributed by atoms with E-state index in [1.165, 1.54) is 0 Å². The Labute approximate surface area is 148 Å². The molecule has 1 N–H and O–H groups in total. The molecule has 2 aromatic rings. The summed E-state index contributed by atoms with van der Waals surface area (Å²) in [5, 5.41) is 6.05. The Hall–Kier alpha value is -2.20. The Bertz CT molecular complexity index is 705. The third-order valence-corrected chi connectivity index (χ3v) is 5.05. The third-order valence-electron chi connectivity index (χ3n) is 3.97. The predicted molar refractivity (Wildman–Crippen MR) is 101 cm³/mol. The fraction of sp³-hybridized carbons (Fsp3) is 0.300. The standard InChI is InChI=1S/C20H24N2OS/c1-5-14(3)18(12-16-10-8-7-9-11-16)19(23)21-15(4)20-22-17(6-2)13-24-20/h5,7-11,13,15,18H,1,3,6,12H2,2,4H3,(H,21,23). The molecule has 0 spiro atoms. The molecule has 0 aliphatic rings. The van der Waals surface area contributed by atoms with Gasteiger partial charge in [0, 0.05) is 5.38 Å². The molecule has 24 heavy (non-hydrogen) atoms. The van der Waals surface area contributed by atoms with E-state index in [1.54, 1.807) is 17.4 Å². The molecule has 0 radical (unpaired) electrons. The average molecular weight is 340 g/mol. The average Bonchev–Trinajstić information content (AvgIpc) is 3.09. The number of carbonyl (C=O) groups excluding carboxylic acids is 1. The van der Waals surface area contributed by atoms with Crippen LogP contribution in [0.1, 0.15) is 36.2 Å². The highest BCUT2D eigenvalue weighted by Gasteiger charge is 2.23. The van der Waals surface area contributed by atoms with Gasteiger partial charge in [-0.15, -0.1) is 11.3 Å². The quantitative estimate of drug-likeness (QED) is 0.720. The number of aryl methyl sites for hydroxylation is 1. The minimum Gasteiger partial charge on any atom is -0.347 e. The summed E-state index contributed by atoms with van der Waals surface area (Å²) >= 11 is 1.59. The van der Waals surface area contributed by atoms with E-state index < -0.39 is 0 Å². The van der Waals surface area contributed by atoms with Crippen molar-refractivity contribution in [1.82, 2.24) is 10.3 Å². The van der Waals surface area contributed by atoms with Gasteiger partial charge in [0.1, 0.15) is 5.01 Å². The summed E-state index contributed by atoms with van der Waals surface area (Å²) in [5.41, 5.74) is 2.90. The summed E-state index contributed by atoms with van der Waals surface area (Å²) in [6.07, 6.45) is 3.18. The number of carbonyl (C=O) groups is 1. The molecule has 1 aromatic carbocycles. The van der Waals surface area contributed by atoms with Gasteiger partial charge < -0.3 is 5.32 Å². The molecule has 2 atom stereocenters. The molecule has 1 aromatic heterocycles. The highest BCUT2D eigenvalue weighted by Crippen LogP contribution is 2.22. The van der Waals surface area contributed by atoms with Crippen LogP contribution in [0.2, 0.25) is 0 Å². The van der Waals surface area contributed by atoms with E-state index in [0.717, 1.165) is 28.3 Å². The molecular weight excluding hydrogens is 316 g/mol. The fourth-order valence-corrected chi connectivity index (χ4v) is 3.35. The van der Waals surface area contributed by atoms with Gasteiger partial charge in [0.15, 0.2) is 0 Å². The van der Waals surface area contributed by atoms with Crippen molar-refractivity contribution in [3.63, 3.8) is 0 Å². The number of hydrogen-bond acceptors (Lipinski definition) is 3. The lowest BCUT2D eigenvalue weighted by molar-refractivity contribution is -0.124. The Morgan fingerprint density at radius 2 is 2.08 bits per heavy atom. The molecule has 126 valence electrons. The molecule has 0 saturated carbocycles. The lowest BCUT2D eigenvalue weighted by atomic mass is 9.91. The summed E-state index contributed by atoms with van der Waals surface area (Å²) in [6.45, 7) is 11.8. The number of nitrogens with zero attached hydrogens (tertiary/aromatic N) is 1. The summed E-state index contributed by atoms with van der Waals surface area (Å²) < 4.78 is 0. The summed E-state index contributed by atoms with van der Waals surface area (Å²) in [7, 11) is 0. The number of aromatic nitrogens is 1. The maximum Gasteiger partial charge on any atom is 0.228 e. The van der Waals surface area contributed by atoms with Gasteiger partial charge in [0.2, 0.25) is 5.91 Å². The maximum absolute atomic E-state index is 12.8. The lowest BCUT2D eigenvalue weighted by Crippen LogP contribution is -2.34. The van der Waals surface area contributed by atoms with Crippen LogP contribution in [0.25, 0.3) is 0 Å². The Morgan fingerprint density at radius 3 is 2.67 bits per heavy atom. The van der Waals surface area contributed by atoms with Gasteiger partial charge in [-0.25, -0.2) is 4.98 Å². The van der Waals surface area contributed by atoms with Crippen LogP contribution in [0.15, 0.2) is 60.5 Å². The third kappa shape index (κ3) is 4.65. The number of allylic oxidation sites excluding steroid dienone is 1. The summed E-state index contributed by atoms with van der Waals surface area (Å²) in [4.78, 5) is 17.3. The topological polar surface area (TPSA) is 42.0 Å². The molecule has 0 aliphatic carbocycles. The number of nitrogens with one attached hydrogen (secondary N) is 1. The van der Waals surface area contributed by atoms with E-state index in [4.69, 9.17) is 0 Å². The molecule has 1 heterocycles. The zero-order valence-electron chi connectivity index (χ0n) is 14.3. The van der Waals surface area contributed by atoms with Crippen LogP contribution < -0.4 is 5.32 Å². The highest BCUT2D eigenvalue weighted by molar-refractivity contribution is 7.09. The van der Waals surface area contributed by atoms with Crippen molar-refractivity contribution < 1.29 is 4.79 Å². The zero-order chi connectivity index (χ0) is 17.5. The van der Waals surface area contributed by atoms with Gasteiger partial charge in [-0.2, -0.15) is 0 Å². The first kappa shape index (κ1) is 18.1. The first-order valence-corrected chi connectivity index (χ1v) is 9.03. The van der Waals surface area contributed by atoms with Crippen LogP contribution in [-0.4, -0.2) is 10.9 Å².